The van der Waals surface area contributed by atoms with Crippen molar-refractivity contribution in [3.05, 3.63) is 70.8 Å². The Balaban J connectivity index is 1.03. The average Bonchev–Trinajstić information content (AvgIpc) is 3.48. The van der Waals surface area contributed by atoms with Crippen LogP contribution in [0.2, 0.25) is 4.71 Å². The second kappa shape index (κ2) is 14.0. The number of rotatable bonds is 8. The van der Waals surface area contributed by atoms with E-state index in [2.05, 4.69) is 22.3 Å². The van der Waals surface area contributed by atoms with E-state index in [1.165, 1.54) is 17.7 Å². The molecule has 0 unspecified atom stereocenters. The molecular formula is C32H38AsF3N3O4. The Hall–Kier alpha value is -2.68. The van der Waals surface area contributed by atoms with Crippen molar-refractivity contribution in [3.63, 3.8) is 0 Å². The Kier molecular flexibility index (Phi) is 10.3. The SMILES string of the molecule is O=C(CNC(=O)c1cccc(C(F)(F)F)c1)[As][C@@H]1CCN(C2CCC(c3ccc(C(=O)N4CCC(O)CC4)cc3)CC2)C1. The van der Waals surface area contributed by atoms with Crippen LogP contribution < -0.4 is 5.32 Å². The molecule has 1 saturated carbocycles. The predicted octanol–water partition coefficient (Wildman–Crippen LogP) is 4.48. The quantitative estimate of drug-likeness (QED) is 0.408. The van der Waals surface area contributed by atoms with Crippen molar-refractivity contribution in [1.29, 1.82) is 0 Å². The Labute approximate surface area is 256 Å². The number of halogens is 3. The first kappa shape index (κ1) is 31.7. The number of alkyl halides is 3. The van der Waals surface area contributed by atoms with E-state index in [9.17, 15) is 32.7 Å². The van der Waals surface area contributed by atoms with Gasteiger partial charge in [-0.1, -0.05) is 0 Å². The molecule has 231 valence electrons. The number of aliphatic hydroxyl groups excluding tert-OH is 1. The van der Waals surface area contributed by atoms with Gasteiger partial charge in [0, 0.05) is 13.1 Å². The molecule has 0 bridgehead atoms. The maximum absolute atomic E-state index is 12.9. The van der Waals surface area contributed by atoms with Gasteiger partial charge in [-0.2, -0.15) is 0 Å². The third kappa shape index (κ3) is 8.28. The van der Waals surface area contributed by atoms with Crippen LogP contribution >= 0.6 is 0 Å². The Bertz CT molecular complexity index is 1290. The van der Waals surface area contributed by atoms with Crippen LogP contribution in [-0.2, 0) is 11.0 Å². The fraction of sp³-hybridized carbons (Fsp3) is 0.531. The summed E-state index contributed by atoms with van der Waals surface area (Å²) in [4.78, 5) is 42.1. The summed E-state index contributed by atoms with van der Waals surface area (Å²) in [5.74, 6) is -0.170. The summed E-state index contributed by atoms with van der Waals surface area (Å²) in [6.45, 7) is 2.89. The van der Waals surface area contributed by atoms with E-state index in [0.29, 0.717) is 48.2 Å². The van der Waals surface area contributed by atoms with Crippen LogP contribution in [0.1, 0.15) is 82.7 Å². The van der Waals surface area contributed by atoms with Gasteiger partial charge in [0.1, 0.15) is 0 Å². The number of likely N-dealkylation sites (tertiary alicyclic amines) is 2. The van der Waals surface area contributed by atoms with E-state index >= 15 is 0 Å². The number of nitrogens with one attached hydrogen (secondary N) is 1. The number of piperidine rings is 1. The number of hydrogen-bond donors (Lipinski definition) is 2. The van der Waals surface area contributed by atoms with Gasteiger partial charge in [0.15, 0.2) is 0 Å². The van der Waals surface area contributed by atoms with Gasteiger partial charge in [0.2, 0.25) is 0 Å². The summed E-state index contributed by atoms with van der Waals surface area (Å²) in [7, 11) is 0. The van der Waals surface area contributed by atoms with Crippen LogP contribution in [-0.4, -0.2) is 91.9 Å². The van der Waals surface area contributed by atoms with Crippen molar-refractivity contribution in [1.82, 2.24) is 15.1 Å². The first-order chi connectivity index (χ1) is 20.6. The van der Waals surface area contributed by atoms with Crippen LogP contribution in [0.4, 0.5) is 13.2 Å². The number of amides is 2. The van der Waals surface area contributed by atoms with E-state index in [4.69, 9.17) is 0 Å². The molecule has 2 aliphatic heterocycles. The summed E-state index contributed by atoms with van der Waals surface area (Å²) in [6.07, 6.45) is 1.72. The summed E-state index contributed by atoms with van der Waals surface area (Å²) >= 11 is -0.631. The summed E-state index contributed by atoms with van der Waals surface area (Å²) in [6, 6.07) is 12.8. The van der Waals surface area contributed by atoms with Crippen LogP contribution in [0.15, 0.2) is 48.5 Å². The molecule has 0 aromatic heterocycles. The number of benzene rings is 2. The van der Waals surface area contributed by atoms with Gasteiger partial charge in [-0.05, 0) is 12.8 Å². The van der Waals surface area contributed by atoms with Gasteiger partial charge < -0.3 is 10.0 Å². The zero-order valence-corrected chi connectivity index (χ0v) is 25.9. The number of carbonyl (C=O) groups is 3. The third-order valence-corrected chi connectivity index (χ3v) is 11.6. The zero-order valence-electron chi connectivity index (χ0n) is 24.1. The average molecular weight is 661 g/mol. The zero-order chi connectivity index (χ0) is 30.6. The van der Waals surface area contributed by atoms with Crippen LogP contribution in [0, 0.1) is 0 Å². The van der Waals surface area contributed by atoms with E-state index < -0.39 is 33.4 Å². The number of hydrogen-bond acceptors (Lipinski definition) is 5. The van der Waals surface area contributed by atoms with Gasteiger partial charge in [0.05, 0.1) is 6.10 Å². The monoisotopic (exact) mass is 660 g/mol. The first-order valence-corrected chi connectivity index (χ1v) is 17.1. The van der Waals surface area contributed by atoms with Gasteiger partial charge >= 0.3 is 210 Å². The van der Waals surface area contributed by atoms with Gasteiger partial charge in [-0.25, -0.2) is 0 Å². The minimum absolute atomic E-state index is 0.0214. The van der Waals surface area contributed by atoms with E-state index in [1.54, 1.807) is 0 Å². The fourth-order valence-electron chi connectivity index (χ4n) is 6.47. The first-order valence-electron chi connectivity index (χ1n) is 15.1. The van der Waals surface area contributed by atoms with Crippen molar-refractivity contribution >= 4 is 32.1 Å². The number of carbonyl (C=O) groups excluding carboxylic acids is 3. The van der Waals surface area contributed by atoms with Crippen molar-refractivity contribution in [2.75, 3.05) is 32.7 Å². The van der Waals surface area contributed by atoms with Crippen molar-refractivity contribution in [3.8, 4) is 0 Å². The molecule has 1 radical (unpaired) electrons. The molecule has 2 heterocycles. The Morgan fingerprint density at radius 2 is 1.58 bits per heavy atom. The molecule has 2 aromatic carbocycles. The molecule has 2 amide bonds. The Morgan fingerprint density at radius 1 is 0.884 bits per heavy atom. The standard InChI is InChI=1S/C32H38AsF3N3O4/c34-32(35,36)25-3-1-2-24(18-25)30(42)37-19-29(41)33-26-12-15-39(20-26)27-10-8-22(9-11-27)21-4-6-23(7-5-21)31(43)38-16-13-28(40)14-17-38/h1-7,18,22,26-28,40H,8-17,19-20H2,(H,37,42)/t22?,26-,27?/m1/s1. The molecule has 3 fully saturated rings. The molecule has 1 atom stereocenters. The topological polar surface area (TPSA) is 90.0 Å². The normalized spacial score (nSPS) is 24.0. The van der Waals surface area contributed by atoms with E-state index in [-0.39, 0.29) is 28.7 Å². The molecule has 43 heavy (non-hydrogen) atoms. The third-order valence-electron chi connectivity index (χ3n) is 8.97. The van der Waals surface area contributed by atoms with Gasteiger partial charge in [0.25, 0.3) is 0 Å². The summed E-state index contributed by atoms with van der Waals surface area (Å²) in [5, 5.41) is 12.2. The van der Waals surface area contributed by atoms with Crippen LogP contribution in [0.3, 0.4) is 0 Å². The molecule has 2 N–H and O–H groups in total. The van der Waals surface area contributed by atoms with Crippen molar-refractivity contribution in [2.24, 2.45) is 0 Å². The molecule has 5 rings (SSSR count). The molecule has 11 heteroatoms. The van der Waals surface area contributed by atoms with E-state index in [1.807, 2.05) is 17.0 Å². The van der Waals surface area contributed by atoms with Gasteiger partial charge in [-0.3, -0.25) is 4.79 Å². The number of nitrogens with zero attached hydrogens (tertiary/aromatic N) is 2. The van der Waals surface area contributed by atoms with Crippen molar-refractivity contribution < 1.29 is 32.7 Å². The maximum atomic E-state index is 12.9. The molecule has 7 nitrogen and oxygen atoms in total. The van der Waals surface area contributed by atoms with E-state index in [0.717, 1.165) is 57.3 Å². The minimum atomic E-state index is -4.53. The molecule has 0 spiro atoms. The Morgan fingerprint density at radius 3 is 2.26 bits per heavy atom. The second-order valence-corrected chi connectivity index (χ2v) is 15.0. The molecule has 3 aliphatic rings. The molecule has 1 aliphatic carbocycles. The van der Waals surface area contributed by atoms with Crippen LogP contribution in [0.25, 0.3) is 0 Å². The summed E-state index contributed by atoms with van der Waals surface area (Å²) in [5.41, 5.74) is 0.971. The summed E-state index contributed by atoms with van der Waals surface area (Å²) < 4.78 is 39.1. The van der Waals surface area contributed by atoms with Crippen LogP contribution in [0.5, 0.6) is 0 Å². The molecular weight excluding hydrogens is 622 g/mol. The predicted molar refractivity (Wildman–Crippen MR) is 157 cm³/mol. The number of aliphatic hydroxyl groups is 1. The van der Waals surface area contributed by atoms with Gasteiger partial charge in [-0.15, -0.1) is 0 Å². The second-order valence-electron chi connectivity index (χ2n) is 11.9. The van der Waals surface area contributed by atoms with Crippen molar-refractivity contribution in [2.45, 2.75) is 73.9 Å². The molecule has 2 saturated heterocycles. The molecule has 2 aromatic rings. The fourth-order valence-corrected chi connectivity index (χ4v) is 8.81.